The van der Waals surface area contributed by atoms with Crippen LogP contribution in [0, 0.1) is 0 Å². The first-order valence-electron chi connectivity index (χ1n) is 9.91. The van der Waals surface area contributed by atoms with E-state index in [1.54, 1.807) is 0 Å². The fourth-order valence-electron chi connectivity index (χ4n) is 2.83. The summed E-state index contributed by atoms with van der Waals surface area (Å²) in [7, 11) is 0. The molecule has 0 radical (unpaired) electrons. The molecule has 0 fully saturated rings. The summed E-state index contributed by atoms with van der Waals surface area (Å²) in [5.74, 6) is 0.745. The number of aliphatic imine (C=N–C) groups is 1. The predicted octanol–water partition coefficient (Wildman–Crippen LogP) is 3.47. The zero-order valence-corrected chi connectivity index (χ0v) is 17.4. The van der Waals surface area contributed by atoms with Crippen LogP contribution in [0.15, 0.2) is 59.6 Å². The normalized spacial score (nSPS) is 11.8. The van der Waals surface area contributed by atoms with E-state index in [9.17, 15) is 4.79 Å². The van der Waals surface area contributed by atoms with E-state index in [4.69, 9.17) is 0 Å². The minimum absolute atomic E-state index is 0.00820. The number of guanidine groups is 1. The van der Waals surface area contributed by atoms with Crippen LogP contribution in [0.3, 0.4) is 0 Å². The summed E-state index contributed by atoms with van der Waals surface area (Å²) < 4.78 is 0. The van der Waals surface area contributed by atoms with E-state index in [0.29, 0.717) is 18.7 Å². The van der Waals surface area contributed by atoms with Gasteiger partial charge in [0.2, 0.25) is 0 Å². The molecule has 0 aliphatic rings. The van der Waals surface area contributed by atoms with Crippen molar-refractivity contribution in [3.8, 4) is 0 Å². The molecular weight excluding hydrogens is 348 g/mol. The minimum atomic E-state index is -0.0456. The van der Waals surface area contributed by atoms with Gasteiger partial charge in [-0.2, -0.15) is 0 Å². The van der Waals surface area contributed by atoms with Gasteiger partial charge in [0, 0.05) is 30.6 Å². The van der Waals surface area contributed by atoms with Crippen molar-refractivity contribution in [1.29, 1.82) is 0 Å². The smallest absolute Gasteiger partial charge is 0.251 e. The maximum absolute atomic E-state index is 11.8. The van der Waals surface area contributed by atoms with Crippen molar-refractivity contribution in [2.75, 3.05) is 19.6 Å². The molecule has 2 rings (SSSR count). The van der Waals surface area contributed by atoms with Crippen LogP contribution in [0.25, 0.3) is 0 Å². The number of rotatable bonds is 8. The fraction of sp³-hybridized carbons (Fsp3) is 0.391. The van der Waals surface area contributed by atoms with Crippen molar-refractivity contribution in [1.82, 2.24) is 16.0 Å². The lowest BCUT2D eigenvalue weighted by molar-refractivity contribution is 0.0956. The fourth-order valence-corrected chi connectivity index (χ4v) is 2.83. The van der Waals surface area contributed by atoms with Crippen molar-refractivity contribution in [2.24, 2.45) is 4.99 Å². The Morgan fingerprint density at radius 3 is 2.14 bits per heavy atom. The van der Waals surface area contributed by atoms with E-state index in [-0.39, 0.29) is 11.3 Å². The quantitative estimate of drug-likeness (QED) is 0.485. The summed E-state index contributed by atoms with van der Waals surface area (Å²) in [4.78, 5) is 16.5. The zero-order valence-electron chi connectivity index (χ0n) is 17.4. The van der Waals surface area contributed by atoms with Crippen LogP contribution in [0.4, 0.5) is 0 Å². The van der Waals surface area contributed by atoms with Crippen molar-refractivity contribution in [3.63, 3.8) is 0 Å². The maximum atomic E-state index is 11.8. The molecule has 150 valence electrons. The molecule has 0 atom stereocenters. The third-order valence-electron chi connectivity index (χ3n) is 4.57. The lowest BCUT2D eigenvalue weighted by Gasteiger charge is -2.26. The molecule has 0 spiro atoms. The first-order valence-corrected chi connectivity index (χ1v) is 9.91. The zero-order chi connectivity index (χ0) is 20.4. The second-order valence-corrected chi connectivity index (χ2v) is 7.36. The number of amides is 1. The van der Waals surface area contributed by atoms with Crippen LogP contribution in [0.1, 0.15) is 49.2 Å². The van der Waals surface area contributed by atoms with Crippen LogP contribution in [0.5, 0.6) is 0 Å². The molecule has 0 saturated heterocycles. The molecular formula is C23H32N4O. The van der Waals surface area contributed by atoms with Crippen molar-refractivity contribution in [2.45, 2.75) is 39.7 Å². The molecule has 5 nitrogen and oxygen atoms in total. The Bertz CT molecular complexity index is 767. The maximum Gasteiger partial charge on any atom is 0.251 e. The van der Waals surface area contributed by atoms with Crippen LogP contribution < -0.4 is 16.0 Å². The SMILES string of the molecule is CCNC(=O)c1ccc(CN=C(NCC)NCC(C)(C)c2ccccc2)cc1. The Morgan fingerprint density at radius 2 is 1.54 bits per heavy atom. The second-order valence-electron chi connectivity index (χ2n) is 7.36. The van der Waals surface area contributed by atoms with E-state index in [0.717, 1.165) is 24.6 Å². The largest absolute Gasteiger partial charge is 0.357 e. The number of hydrogen-bond acceptors (Lipinski definition) is 2. The van der Waals surface area contributed by atoms with E-state index in [1.807, 2.05) is 37.3 Å². The predicted molar refractivity (Wildman–Crippen MR) is 117 cm³/mol. The van der Waals surface area contributed by atoms with Gasteiger partial charge < -0.3 is 16.0 Å². The van der Waals surface area contributed by atoms with Crippen molar-refractivity contribution < 1.29 is 4.79 Å². The summed E-state index contributed by atoms with van der Waals surface area (Å²) in [6, 6.07) is 18.1. The average molecular weight is 381 g/mol. The molecule has 0 bridgehead atoms. The highest BCUT2D eigenvalue weighted by Crippen LogP contribution is 2.21. The average Bonchev–Trinajstić information content (AvgIpc) is 2.71. The third kappa shape index (κ3) is 6.41. The van der Waals surface area contributed by atoms with E-state index >= 15 is 0 Å². The van der Waals surface area contributed by atoms with Gasteiger partial charge in [-0.25, -0.2) is 4.99 Å². The van der Waals surface area contributed by atoms with Gasteiger partial charge in [0.25, 0.3) is 5.91 Å². The Hall–Kier alpha value is -2.82. The van der Waals surface area contributed by atoms with E-state index in [1.165, 1.54) is 5.56 Å². The molecule has 0 aromatic heterocycles. The summed E-state index contributed by atoms with van der Waals surface area (Å²) in [6.45, 7) is 11.2. The molecule has 1 amide bonds. The van der Waals surface area contributed by atoms with Gasteiger partial charge in [0.15, 0.2) is 5.96 Å². The molecule has 3 N–H and O–H groups in total. The lowest BCUT2D eigenvalue weighted by Crippen LogP contribution is -2.43. The van der Waals surface area contributed by atoms with Gasteiger partial charge in [-0.15, -0.1) is 0 Å². The number of carbonyl (C=O) groups excluding carboxylic acids is 1. The third-order valence-corrected chi connectivity index (χ3v) is 4.57. The number of nitrogens with zero attached hydrogens (tertiary/aromatic N) is 1. The highest BCUT2D eigenvalue weighted by Gasteiger charge is 2.20. The molecule has 2 aromatic carbocycles. The number of carbonyl (C=O) groups is 1. The number of benzene rings is 2. The monoisotopic (exact) mass is 380 g/mol. The van der Waals surface area contributed by atoms with Gasteiger partial charge in [0.05, 0.1) is 6.54 Å². The lowest BCUT2D eigenvalue weighted by atomic mass is 9.85. The van der Waals surface area contributed by atoms with Gasteiger partial charge in [-0.3, -0.25) is 4.79 Å². The highest BCUT2D eigenvalue weighted by atomic mass is 16.1. The van der Waals surface area contributed by atoms with Crippen molar-refractivity contribution >= 4 is 11.9 Å². The molecule has 28 heavy (non-hydrogen) atoms. The number of nitrogens with one attached hydrogen (secondary N) is 3. The Morgan fingerprint density at radius 1 is 0.893 bits per heavy atom. The van der Waals surface area contributed by atoms with Gasteiger partial charge >= 0.3 is 0 Å². The molecule has 5 heteroatoms. The summed E-state index contributed by atoms with van der Waals surface area (Å²) in [5.41, 5.74) is 3.02. The minimum Gasteiger partial charge on any atom is -0.357 e. The highest BCUT2D eigenvalue weighted by molar-refractivity contribution is 5.94. The summed E-state index contributed by atoms with van der Waals surface area (Å²) in [6.07, 6.45) is 0. The van der Waals surface area contributed by atoms with Crippen LogP contribution in [0.2, 0.25) is 0 Å². The number of hydrogen-bond donors (Lipinski definition) is 3. The van der Waals surface area contributed by atoms with Gasteiger partial charge in [0.1, 0.15) is 0 Å². The molecule has 0 aliphatic heterocycles. The topological polar surface area (TPSA) is 65.5 Å². The summed E-state index contributed by atoms with van der Waals surface area (Å²) in [5, 5.41) is 9.55. The van der Waals surface area contributed by atoms with Crippen molar-refractivity contribution in [3.05, 3.63) is 71.3 Å². The molecule has 0 heterocycles. The van der Waals surface area contributed by atoms with Gasteiger partial charge in [-0.1, -0.05) is 56.3 Å². The Labute approximate surface area is 168 Å². The first-order chi connectivity index (χ1) is 13.5. The van der Waals surface area contributed by atoms with Crippen LogP contribution in [-0.4, -0.2) is 31.5 Å². The Balaban J connectivity index is 1.99. The second kappa shape index (κ2) is 10.5. The molecule has 0 aliphatic carbocycles. The van der Waals surface area contributed by atoms with Crippen LogP contribution >= 0.6 is 0 Å². The van der Waals surface area contributed by atoms with Gasteiger partial charge in [-0.05, 0) is 37.1 Å². The molecule has 2 aromatic rings. The molecule has 0 unspecified atom stereocenters. The van der Waals surface area contributed by atoms with E-state index < -0.39 is 0 Å². The standard InChI is InChI=1S/C23H32N4O/c1-5-24-21(28)19-14-12-18(13-15-19)16-26-22(25-6-2)27-17-23(3,4)20-10-8-7-9-11-20/h7-15H,5-6,16-17H2,1-4H3,(H,24,28)(H2,25,26,27). The summed E-state index contributed by atoms with van der Waals surface area (Å²) >= 11 is 0. The van der Waals surface area contributed by atoms with E-state index in [2.05, 4.69) is 66.0 Å². The van der Waals surface area contributed by atoms with Crippen LogP contribution in [-0.2, 0) is 12.0 Å². The first kappa shape index (κ1) is 21.5. The Kier molecular flexibility index (Phi) is 8.05. The molecule has 0 saturated carbocycles.